The number of aliphatic hydroxyl groups excluding tert-OH is 1. The molecule has 0 aromatic carbocycles. The summed E-state index contributed by atoms with van der Waals surface area (Å²) in [5.74, 6) is -1.46. The number of aliphatic carboxylic acids is 1. The van der Waals surface area contributed by atoms with Crippen molar-refractivity contribution in [1.29, 1.82) is 0 Å². The Labute approximate surface area is 116 Å². The Balaban J connectivity index is 2.46. The van der Waals surface area contributed by atoms with Gasteiger partial charge in [0, 0.05) is 19.5 Å². The SMILES string of the molecule is CC(O)C(NC(=O)N1CCC(CC(N)=O)CC1)C(=O)O. The third-order valence-corrected chi connectivity index (χ3v) is 3.42. The Morgan fingerprint density at radius 2 is 1.90 bits per heavy atom. The van der Waals surface area contributed by atoms with Crippen molar-refractivity contribution in [3.05, 3.63) is 0 Å². The van der Waals surface area contributed by atoms with Crippen molar-refractivity contribution in [2.75, 3.05) is 13.1 Å². The number of carbonyl (C=O) groups excluding carboxylic acids is 2. The lowest BCUT2D eigenvalue weighted by molar-refractivity contribution is -0.141. The second kappa shape index (κ2) is 7.09. The summed E-state index contributed by atoms with van der Waals surface area (Å²) in [6.45, 7) is 2.18. The van der Waals surface area contributed by atoms with Crippen molar-refractivity contribution in [1.82, 2.24) is 10.2 Å². The Hall–Kier alpha value is -1.83. The van der Waals surface area contributed by atoms with Gasteiger partial charge in [-0.05, 0) is 25.7 Å². The molecule has 1 aliphatic rings. The molecular formula is C12H21N3O5. The smallest absolute Gasteiger partial charge is 0.328 e. The molecule has 0 radical (unpaired) electrons. The van der Waals surface area contributed by atoms with Gasteiger partial charge in [-0.3, -0.25) is 4.79 Å². The molecule has 2 unspecified atom stereocenters. The number of carboxylic acids is 1. The molecule has 1 fully saturated rings. The van der Waals surface area contributed by atoms with Crippen LogP contribution in [0.5, 0.6) is 0 Å². The maximum atomic E-state index is 11.9. The summed E-state index contributed by atoms with van der Waals surface area (Å²) in [4.78, 5) is 35.1. The predicted octanol–water partition coefficient (Wildman–Crippen LogP) is -0.883. The van der Waals surface area contributed by atoms with Gasteiger partial charge < -0.3 is 26.2 Å². The largest absolute Gasteiger partial charge is 0.480 e. The van der Waals surface area contributed by atoms with Crippen LogP contribution in [-0.2, 0) is 9.59 Å². The van der Waals surface area contributed by atoms with Crippen molar-refractivity contribution >= 4 is 17.9 Å². The highest BCUT2D eigenvalue weighted by Gasteiger charge is 2.29. The third-order valence-electron chi connectivity index (χ3n) is 3.42. The summed E-state index contributed by atoms with van der Waals surface area (Å²) in [6, 6.07) is -1.85. The number of hydrogen-bond acceptors (Lipinski definition) is 4. The van der Waals surface area contributed by atoms with E-state index in [-0.39, 0.29) is 11.8 Å². The Kier molecular flexibility index (Phi) is 5.75. The summed E-state index contributed by atoms with van der Waals surface area (Å²) >= 11 is 0. The summed E-state index contributed by atoms with van der Waals surface area (Å²) in [5.41, 5.74) is 5.13. The molecule has 8 nitrogen and oxygen atoms in total. The maximum absolute atomic E-state index is 11.9. The number of piperidine rings is 1. The van der Waals surface area contributed by atoms with Gasteiger partial charge in [-0.1, -0.05) is 0 Å². The van der Waals surface area contributed by atoms with Crippen molar-refractivity contribution in [2.45, 2.75) is 38.3 Å². The van der Waals surface area contributed by atoms with Crippen LogP contribution in [0.4, 0.5) is 4.79 Å². The molecule has 0 spiro atoms. The van der Waals surface area contributed by atoms with Crippen molar-refractivity contribution in [2.24, 2.45) is 11.7 Å². The van der Waals surface area contributed by atoms with Crippen LogP contribution in [-0.4, -0.2) is 58.3 Å². The van der Waals surface area contributed by atoms with Crippen LogP contribution in [0.15, 0.2) is 0 Å². The normalized spacial score (nSPS) is 19.2. The van der Waals surface area contributed by atoms with Crippen molar-refractivity contribution in [3.63, 3.8) is 0 Å². The molecule has 8 heteroatoms. The van der Waals surface area contributed by atoms with Gasteiger partial charge in [0.05, 0.1) is 6.10 Å². The number of carbonyl (C=O) groups is 3. The number of nitrogens with zero attached hydrogens (tertiary/aromatic N) is 1. The molecule has 1 rings (SSSR count). The van der Waals surface area contributed by atoms with E-state index in [0.717, 1.165) is 0 Å². The molecule has 2 atom stereocenters. The second-order valence-corrected chi connectivity index (χ2v) is 5.11. The van der Waals surface area contributed by atoms with Gasteiger partial charge in [0.15, 0.2) is 6.04 Å². The summed E-state index contributed by atoms with van der Waals surface area (Å²) in [6.07, 6.45) is 0.441. The fourth-order valence-electron chi connectivity index (χ4n) is 2.24. The van der Waals surface area contributed by atoms with Gasteiger partial charge in [-0.25, -0.2) is 9.59 Å². The highest BCUT2D eigenvalue weighted by atomic mass is 16.4. The van der Waals surface area contributed by atoms with Crippen LogP contribution in [0.3, 0.4) is 0 Å². The number of urea groups is 1. The van der Waals surface area contributed by atoms with Crippen LogP contribution >= 0.6 is 0 Å². The number of hydrogen-bond donors (Lipinski definition) is 4. The average Bonchev–Trinajstić information content (AvgIpc) is 2.35. The van der Waals surface area contributed by atoms with Crippen LogP contribution in [0, 0.1) is 5.92 Å². The third kappa shape index (κ3) is 4.69. The molecular weight excluding hydrogens is 266 g/mol. The van der Waals surface area contributed by atoms with E-state index in [2.05, 4.69) is 5.32 Å². The molecule has 0 aliphatic carbocycles. The zero-order valence-corrected chi connectivity index (χ0v) is 11.4. The van der Waals surface area contributed by atoms with E-state index in [1.807, 2.05) is 0 Å². The van der Waals surface area contributed by atoms with E-state index in [4.69, 9.17) is 10.8 Å². The number of nitrogens with two attached hydrogens (primary N) is 1. The standard InChI is InChI=1S/C12H21N3O5/c1-7(16)10(11(18)19)14-12(20)15-4-2-8(3-5-15)6-9(13)17/h7-8,10,16H,2-6H2,1H3,(H2,13,17)(H,14,20)(H,18,19). The first kappa shape index (κ1) is 16.2. The first-order valence-electron chi connectivity index (χ1n) is 6.56. The number of likely N-dealkylation sites (tertiary alicyclic amines) is 1. The number of amides is 3. The molecule has 3 amide bonds. The number of rotatable bonds is 5. The molecule has 1 aliphatic heterocycles. The first-order valence-corrected chi connectivity index (χ1v) is 6.56. The van der Waals surface area contributed by atoms with Gasteiger partial charge in [-0.15, -0.1) is 0 Å². The van der Waals surface area contributed by atoms with Crippen LogP contribution < -0.4 is 11.1 Å². The molecule has 1 heterocycles. The minimum atomic E-state index is -1.33. The second-order valence-electron chi connectivity index (χ2n) is 5.11. The molecule has 1 saturated heterocycles. The quantitative estimate of drug-likeness (QED) is 0.521. The van der Waals surface area contributed by atoms with E-state index < -0.39 is 24.1 Å². The van der Waals surface area contributed by atoms with Crippen LogP contribution in [0.2, 0.25) is 0 Å². The lowest BCUT2D eigenvalue weighted by Crippen LogP contribution is -2.53. The number of primary amides is 1. The van der Waals surface area contributed by atoms with Crippen LogP contribution in [0.1, 0.15) is 26.2 Å². The topological polar surface area (TPSA) is 133 Å². The molecule has 0 aromatic heterocycles. The Morgan fingerprint density at radius 1 is 1.35 bits per heavy atom. The number of aliphatic hydroxyl groups is 1. The summed E-state index contributed by atoms with van der Waals surface area (Å²) in [7, 11) is 0. The van der Waals surface area contributed by atoms with Gasteiger partial charge in [0.1, 0.15) is 0 Å². The predicted molar refractivity (Wildman–Crippen MR) is 69.7 cm³/mol. The average molecular weight is 287 g/mol. The van der Waals surface area contributed by atoms with E-state index >= 15 is 0 Å². The summed E-state index contributed by atoms with van der Waals surface area (Å²) < 4.78 is 0. The zero-order valence-electron chi connectivity index (χ0n) is 11.4. The highest BCUT2D eigenvalue weighted by molar-refractivity contribution is 5.83. The molecule has 0 saturated carbocycles. The van der Waals surface area contributed by atoms with E-state index in [1.165, 1.54) is 11.8 Å². The molecule has 5 N–H and O–H groups in total. The van der Waals surface area contributed by atoms with Gasteiger partial charge in [-0.2, -0.15) is 0 Å². The lowest BCUT2D eigenvalue weighted by Gasteiger charge is -2.32. The molecule has 114 valence electrons. The Bertz CT molecular complexity index is 377. The minimum Gasteiger partial charge on any atom is -0.480 e. The van der Waals surface area contributed by atoms with E-state index in [1.54, 1.807) is 0 Å². The van der Waals surface area contributed by atoms with Crippen molar-refractivity contribution < 1.29 is 24.6 Å². The first-order chi connectivity index (χ1) is 9.31. The van der Waals surface area contributed by atoms with E-state index in [9.17, 15) is 19.5 Å². The van der Waals surface area contributed by atoms with E-state index in [0.29, 0.717) is 32.4 Å². The molecule has 0 bridgehead atoms. The molecule has 0 aromatic rings. The number of carboxylic acid groups (broad SMARTS) is 1. The molecule has 20 heavy (non-hydrogen) atoms. The van der Waals surface area contributed by atoms with Gasteiger partial charge in [0.25, 0.3) is 0 Å². The van der Waals surface area contributed by atoms with Crippen molar-refractivity contribution in [3.8, 4) is 0 Å². The van der Waals surface area contributed by atoms with Gasteiger partial charge in [0.2, 0.25) is 5.91 Å². The highest BCUT2D eigenvalue weighted by Crippen LogP contribution is 2.20. The minimum absolute atomic E-state index is 0.170. The monoisotopic (exact) mass is 287 g/mol. The maximum Gasteiger partial charge on any atom is 0.328 e. The fraction of sp³-hybridized carbons (Fsp3) is 0.750. The lowest BCUT2D eigenvalue weighted by atomic mass is 9.93. The number of nitrogens with one attached hydrogen (secondary N) is 1. The van der Waals surface area contributed by atoms with Gasteiger partial charge >= 0.3 is 12.0 Å². The van der Waals surface area contributed by atoms with Crippen LogP contribution in [0.25, 0.3) is 0 Å². The fourth-order valence-corrected chi connectivity index (χ4v) is 2.24. The zero-order chi connectivity index (χ0) is 15.3. The Morgan fingerprint density at radius 3 is 2.30 bits per heavy atom. The summed E-state index contributed by atoms with van der Waals surface area (Å²) in [5, 5.41) is 20.5.